The molecular formula is C14H12BrF3N2. The third kappa shape index (κ3) is 3.20. The van der Waals surface area contributed by atoms with Gasteiger partial charge in [-0.25, -0.2) is 13.2 Å². The summed E-state index contributed by atoms with van der Waals surface area (Å²) in [5.74, 6) is 2.51. The summed E-state index contributed by atoms with van der Waals surface area (Å²) < 4.78 is 41.3. The molecule has 0 spiro atoms. The van der Waals surface area contributed by atoms with Crippen LogP contribution in [-0.4, -0.2) is 0 Å². The van der Waals surface area contributed by atoms with Gasteiger partial charge < -0.3 is 0 Å². The fourth-order valence-corrected chi connectivity index (χ4v) is 2.46. The maximum Gasteiger partial charge on any atom is 0.133 e. The molecule has 20 heavy (non-hydrogen) atoms. The quantitative estimate of drug-likeness (QED) is 0.656. The van der Waals surface area contributed by atoms with Crippen molar-refractivity contribution in [3.63, 3.8) is 0 Å². The van der Waals surface area contributed by atoms with Crippen molar-refractivity contribution < 1.29 is 13.2 Å². The zero-order chi connectivity index (χ0) is 14.7. The van der Waals surface area contributed by atoms with E-state index in [0.29, 0.717) is 12.1 Å². The van der Waals surface area contributed by atoms with E-state index in [1.165, 1.54) is 0 Å². The lowest BCUT2D eigenvalue weighted by Gasteiger charge is -2.18. The molecule has 0 radical (unpaired) electrons. The summed E-state index contributed by atoms with van der Waals surface area (Å²) in [4.78, 5) is 0. The van der Waals surface area contributed by atoms with E-state index >= 15 is 0 Å². The van der Waals surface area contributed by atoms with Crippen LogP contribution < -0.4 is 11.3 Å². The lowest BCUT2D eigenvalue weighted by Crippen LogP contribution is -2.31. The minimum atomic E-state index is -0.961. The number of hydrogen-bond donors (Lipinski definition) is 2. The van der Waals surface area contributed by atoms with Gasteiger partial charge in [0.15, 0.2) is 0 Å². The van der Waals surface area contributed by atoms with E-state index in [1.54, 1.807) is 0 Å². The van der Waals surface area contributed by atoms with Gasteiger partial charge in [0.25, 0.3) is 0 Å². The van der Waals surface area contributed by atoms with Crippen molar-refractivity contribution >= 4 is 15.9 Å². The monoisotopic (exact) mass is 344 g/mol. The Bertz CT molecular complexity index is 596. The largest absolute Gasteiger partial charge is 0.271 e. The first-order valence-corrected chi connectivity index (χ1v) is 6.66. The summed E-state index contributed by atoms with van der Waals surface area (Å²) in [6, 6.07) is 7.76. The second-order valence-electron chi connectivity index (χ2n) is 4.30. The number of nitrogens with one attached hydrogen (secondary N) is 1. The summed E-state index contributed by atoms with van der Waals surface area (Å²) >= 11 is 3.36. The molecule has 0 saturated heterocycles. The molecule has 0 aromatic heterocycles. The van der Waals surface area contributed by atoms with Crippen molar-refractivity contribution in [3.8, 4) is 0 Å². The molecule has 0 aliphatic rings. The van der Waals surface area contributed by atoms with Gasteiger partial charge in [-0.1, -0.05) is 34.1 Å². The molecule has 2 aromatic carbocycles. The summed E-state index contributed by atoms with van der Waals surface area (Å²) in [5.41, 5.74) is 2.93. The number of nitrogens with two attached hydrogens (primary N) is 1. The molecule has 2 rings (SSSR count). The SMILES string of the molecule is NNC(Cc1ccccc1Br)c1c(F)cc(F)cc1F. The number of benzene rings is 2. The highest BCUT2D eigenvalue weighted by molar-refractivity contribution is 9.10. The van der Waals surface area contributed by atoms with Crippen LogP contribution in [0.1, 0.15) is 17.2 Å². The molecule has 6 heteroatoms. The molecule has 1 atom stereocenters. The first-order chi connectivity index (χ1) is 9.52. The highest BCUT2D eigenvalue weighted by atomic mass is 79.9. The van der Waals surface area contributed by atoms with E-state index in [9.17, 15) is 13.2 Å². The minimum Gasteiger partial charge on any atom is -0.271 e. The zero-order valence-electron chi connectivity index (χ0n) is 10.3. The predicted molar refractivity (Wildman–Crippen MR) is 74.2 cm³/mol. The van der Waals surface area contributed by atoms with E-state index in [1.807, 2.05) is 24.3 Å². The Kier molecular flexibility index (Phi) is 4.80. The average Bonchev–Trinajstić information content (AvgIpc) is 2.38. The predicted octanol–water partition coefficient (Wildman–Crippen LogP) is 3.61. The minimum absolute atomic E-state index is 0.261. The molecule has 0 heterocycles. The van der Waals surface area contributed by atoms with Gasteiger partial charge in [0.2, 0.25) is 0 Å². The molecule has 0 aliphatic carbocycles. The second kappa shape index (κ2) is 6.39. The maximum atomic E-state index is 13.8. The Morgan fingerprint density at radius 1 is 1.10 bits per heavy atom. The number of rotatable bonds is 4. The molecule has 1 unspecified atom stereocenters. The van der Waals surface area contributed by atoms with Crippen LogP contribution in [0.4, 0.5) is 13.2 Å². The van der Waals surface area contributed by atoms with Crippen LogP contribution in [0.2, 0.25) is 0 Å². The Morgan fingerprint density at radius 3 is 2.25 bits per heavy atom. The van der Waals surface area contributed by atoms with Crippen molar-refractivity contribution in [1.82, 2.24) is 5.43 Å². The van der Waals surface area contributed by atoms with Crippen LogP contribution in [0.15, 0.2) is 40.9 Å². The van der Waals surface area contributed by atoms with Crippen molar-refractivity contribution in [2.75, 3.05) is 0 Å². The highest BCUT2D eigenvalue weighted by Crippen LogP contribution is 2.27. The Balaban J connectivity index is 2.37. The van der Waals surface area contributed by atoms with Crippen LogP contribution in [-0.2, 0) is 6.42 Å². The molecular weight excluding hydrogens is 333 g/mol. The van der Waals surface area contributed by atoms with Crippen LogP contribution in [0.25, 0.3) is 0 Å². The van der Waals surface area contributed by atoms with Gasteiger partial charge in [0.1, 0.15) is 17.5 Å². The maximum absolute atomic E-state index is 13.8. The molecule has 2 nitrogen and oxygen atoms in total. The van der Waals surface area contributed by atoms with E-state index in [4.69, 9.17) is 5.84 Å². The Morgan fingerprint density at radius 2 is 1.70 bits per heavy atom. The van der Waals surface area contributed by atoms with Crippen molar-refractivity contribution in [2.24, 2.45) is 5.84 Å². The fourth-order valence-electron chi connectivity index (χ4n) is 2.01. The Labute approximate surface area is 122 Å². The summed E-state index contributed by atoms with van der Waals surface area (Å²) in [5, 5.41) is 0. The van der Waals surface area contributed by atoms with Crippen LogP contribution in [0.3, 0.4) is 0 Å². The fraction of sp³-hybridized carbons (Fsp3) is 0.143. The van der Waals surface area contributed by atoms with E-state index in [-0.39, 0.29) is 12.0 Å². The third-order valence-corrected chi connectivity index (χ3v) is 3.75. The first-order valence-electron chi connectivity index (χ1n) is 5.87. The van der Waals surface area contributed by atoms with Gasteiger partial charge in [-0.2, -0.15) is 0 Å². The molecule has 106 valence electrons. The summed E-state index contributed by atoms with van der Waals surface area (Å²) in [6.45, 7) is 0. The van der Waals surface area contributed by atoms with Crippen LogP contribution in [0.5, 0.6) is 0 Å². The molecule has 0 bridgehead atoms. The smallest absolute Gasteiger partial charge is 0.133 e. The molecule has 0 aliphatic heterocycles. The zero-order valence-corrected chi connectivity index (χ0v) is 11.9. The van der Waals surface area contributed by atoms with E-state index in [2.05, 4.69) is 21.4 Å². The van der Waals surface area contributed by atoms with Gasteiger partial charge >= 0.3 is 0 Å². The van der Waals surface area contributed by atoms with E-state index < -0.39 is 23.5 Å². The lowest BCUT2D eigenvalue weighted by atomic mass is 9.98. The van der Waals surface area contributed by atoms with Crippen molar-refractivity contribution in [3.05, 3.63) is 69.4 Å². The molecule has 0 saturated carbocycles. The normalized spacial score (nSPS) is 12.4. The van der Waals surface area contributed by atoms with Crippen molar-refractivity contribution in [2.45, 2.75) is 12.5 Å². The highest BCUT2D eigenvalue weighted by Gasteiger charge is 2.21. The average molecular weight is 345 g/mol. The second-order valence-corrected chi connectivity index (χ2v) is 5.15. The van der Waals surface area contributed by atoms with Crippen LogP contribution in [0, 0.1) is 17.5 Å². The topological polar surface area (TPSA) is 38.0 Å². The van der Waals surface area contributed by atoms with Gasteiger partial charge in [0, 0.05) is 22.2 Å². The van der Waals surface area contributed by atoms with Gasteiger partial charge in [-0.05, 0) is 18.1 Å². The van der Waals surface area contributed by atoms with Gasteiger partial charge in [-0.15, -0.1) is 0 Å². The summed E-state index contributed by atoms with van der Waals surface area (Å²) in [7, 11) is 0. The van der Waals surface area contributed by atoms with Crippen molar-refractivity contribution in [1.29, 1.82) is 0 Å². The number of halogens is 4. The number of hydrazine groups is 1. The molecule has 0 fully saturated rings. The lowest BCUT2D eigenvalue weighted by molar-refractivity contribution is 0.461. The summed E-state index contributed by atoms with van der Waals surface area (Å²) in [6.07, 6.45) is 0.261. The van der Waals surface area contributed by atoms with Gasteiger partial charge in [0.05, 0.1) is 6.04 Å². The molecule has 0 amide bonds. The van der Waals surface area contributed by atoms with Crippen LogP contribution >= 0.6 is 15.9 Å². The molecule has 2 aromatic rings. The molecule has 3 N–H and O–H groups in total. The van der Waals surface area contributed by atoms with Gasteiger partial charge in [-0.3, -0.25) is 11.3 Å². The Hall–Kier alpha value is -1.37. The number of hydrogen-bond acceptors (Lipinski definition) is 2. The third-order valence-electron chi connectivity index (χ3n) is 2.98. The first kappa shape index (κ1) is 15.0. The standard InChI is InChI=1S/C14H12BrF3N2/c15-10-4-2-1-3-8(10)5-13(20-19)14-11(17)6-9(16)7-12(14)18/h1-4,6-7,13,20H,5,19H2. The van der Waals surface area contributed by atoms with E-state index in [0.717, 1.165) is 10.0 Å².